The van der Waals surface area contributed by atoms with Gasteiger partial charge >= 0.3 is 0 Å². The minimum absolute atomic E-state index is 0.167. The van der Waals surface area contributed by atoms with Crippen LogP contribution in [-0.4, -0.2) is 18.4 Å². The maximum atomic E-state index is 10.9. The van der Waals surface area contributed by atoms with Crippen LogP contribution >= 0.6 is 8.58 Å². The second kappa shape index (κ2) is 9.91. The van der Waals surface area contributed by atoms with Gasteiger partial charge in [0.1, 0.15) is 0 Å². The van der Waals surface area contributed by atoms with E-state index in [1.165, 1.54) is 10.9 Å². The predicted molar refractivity (Wildman–Crippen MR) is 130 cm³/mol. The van der Waals surface area contributed by atoms with E-state index in [0.717, 1.165) is 29.7 Å². The summed E-state index contributed by atoms with van der Waals surface area (Å²) in [4.78, 5) is 4.69. The molecule has 0 aliphatic carbocycles. The zero-order valence-electron chi connectivity index (χ0n) is 18.1. The fourth-order valence-corrected chi connectivity index (χ4v) is 5.56. The van der Waals surface area contributed by atoms with Gasteiger partial charge in [-0.05, 0) is 48.8 Å². The van der Waals surface area contributed by atoms with E-state index in [2.05, 4.69) is 44.0 Å². The Balaban J connectivity index is 2.06. The molecule has 30 heavy (non-hydrogen) atoms. The third kappa shape index (κ3) is 4.57. The molecule has 0 heterocycles. The second-order valence-electron chi connectivity index (χ2n) is 7.40. The fourth-order valence-electron chi connectivity index (χ4n) is 3.81. The second-order valence-corrected chi connectivity index (χ2v) is 9.11. The Labute approximate surface area is 181 Å². The van der Waals surface area contributed by atoms with Crippen LogP contribution in [0.25, 0.3) is 0 Å². The quantitative estimate of drug-likeness (QED) is 0.335. The Morgan fingerprint density at radius 1 is 0.967 bits per heavy atom. The summed E-state index contributed by atoms with van der Waals surface area (Å²) in [6, 6.07) is 22.2. The number of hydrogen-bond donors (Lipinski definition) is 1. The minimum Gasteiger partial charge on any atom is -0.504 e. The van der Waals surface area contributed by atoms with Crippen LogP contribution in [0.4, 0.5) is 5.69 Å². The number of aryl methyl sites for hydroxylation is 1. The number of para-hydroxylation sites is 2. The van der Waals surface area contributed by atoms with Crippen LogP contribution in [-0.2, 0) is 5.16 Å². The summed E-state index contributed by atoms with van der Waals surface area (Å²) in [7, 11) is 2.09. The average Bonchev–Trinajstić information content (AvgIpc) is 2.78. The Morgan fingerprint density at radius 2 is 1.67 bits per heavy atom. The number of hydrogen-bond acceptors (Lipinski definition) is 3. The van der Waals surface area contributed by atoms with E-state index in [-0.39, 0.29) is 10.9 Å². The molecule has 3 aromatic carbocycles. The molecule has 0 spiro atoms. The number of aliphatic imine (C=N–C) groups is 1. The molecule has 0 fully saturated rings. The number of nitrogens with zero attached hydrogens (tertiary/aromatic N) is 1. The molecular weight excluding hydrogens is 389 g/mol. The Hall–Kier alpha value is -2.64. The molecule has 0 saturated heterocycles. The molecule has 3 aromatic rings. The van der Waals surface area contributed by atoms with Crippen molar-refractivity contribution in [3.63, 3.8) is 0 Å². The maximum Gasteiger partial charge on any atom is 0.161 e. The van der Waals surface area contributed by atoms with Gasteiger partial charge in [0.2, 0.25) is 0 Å². The van der Waals surface area contributed by atoms with Crippen LogP contribution in [0.3, 0.4) is 0 Å². The maximum absolute atomic E-state index is 10.9. The van der Waals surface area contributed by atoms with Crippen molar-refractivity contribution in [2.75, 3.05) is 7.11 Å². The van der Waals surface area contributed by atoms with E-state index < -0.39 is 0 Å². The number of phenols is 1. The Morgan fingerprint density at radius 3 is 2.33 bits per heavy atom. The Bertz CT molecular complexity index is 1010. The third-order valence-electron chi connectivity index (χ3n) is 5.72. The normalized spacial score (nSPS) is 12.1. The number of rotatable bonds is 8. The molecular formula is C26H30NO2P. The van der Waals surface area contributed by atoms with Crippen LogP contribution in [0.1, 0.15) is 43.4 Å². The standard InChI is InChI=1S/C26H30NO2P/c1-5-26(6-2,22-16-11-17-23(29-4)24(22)28)30-25-19(3)12-10-13-20(25)18-27-21-14-8-7-9-15-21/h7-18,28,30H,5-6H2,1-4H3/b27-18+. The molecule has 0 amide bonds. The van der Waals surface area contributed by atoms with E-state index in [1.54, 1.807) is 7.11 Å². The van der Waals surface area contributed by atoms with E-state index in [1.807, 2.05) is 54.7 Å². The average molecular weight is 420 g/mol. The summed E-state index contributed by atoms with van der Waals surface area (Å²) in [5.41, 5.74) is 4.28. The van der Waals surface area contributed by atoms with Gasteiger partial charge in [-0.25, -0.2) is 0 Å². The zero-order chi connectivity index (χ0) is 21.6. The number of benzene rings is 3. The van der Waals surface area contributed by atoms with Crippen LogP contribution in [0, 0.1) is 6.92 Å². The summed E-state index contributed by atoms with van der Waals surface area (Å²) in [6.45, 7) is 6.56. The molecule has 1 N–H and O–H groups in total. The molecule has 0 radical (unpaired) electrons. The smallest absolute Gasteiger partial charge is 0.161 e. The topological polar surface area (TPSA) is 41.8 Å². The van der Waals surface area contributed by atoms with E-state index in [4.69, 9.17) is 4.74 Å². The van der Waals surface area contributed by atoms with Crippen molar-refractivity contribution >= 4 is 25.8 Å². The first kappa shape index (κ1) is 22.1. The van der Waals surface area contributed by atoms with Gasteiger partial charge in [-0.2, -0.15) is 0 Å². The van der Waals surface area contributed by atoms with Gasteiger partial charge in [0.15, 0.2) is 11.5 Å². The first-order valence-electron chi connectivity index (χ1n) is 10.4. The third-order valence-corrected chi connectivity index (χ3v) is 8.11. The highest BCUT2D eigenvalue weighted by atomic mass is 31.1. The first-order chi connectivity index (χ1) is 14.5. The molecule has 0 aromatic heterocycles. The van der Waals surface area contributed by atoms with Crippen molar-refractivity contribution in [3.8, 4) is 11.5 Å². The summed E-state index contributed by atoms with van der Waals surface area (Å²) in [5.74, 6) is 0.781. The molecule has 0 saturated carbocycles. The van der Waals surface area contributed by atoms with Crippen molar-refractivity contribution in [2.24, 2.45) is 4.99 Å². The SMILES string of the molecule is CCC(CC)(Pc1c(C)cccc1/C=N/c1ccccc1)c1cccc(OC)c1O. The molecule has 1 atom stereocenters. The van der Waals surface area contributed by atoms with Gasteiger partial charge in [-0.15, -0.1) is 0 Å². The molecule has 1 unspecified atom stereocenters. The number of methoxy groups -OCH3 is 1. The van der Waals surface area contributed by atoms with Crippen molar-refractivity contribution in [3.05, 3.63) is 83.4 Å². The molecule has 3 nitrogen and oxygen atoms in total. The van der Waals surface area contributed by atoms with Gasteiger partial charge in [0, 0.05) is 22.5 Å². The number of phenolic OH excluding ortho intramolecular Hbond substituents is 1. The van der Waals surface area contributed by atoms with Crippen LogP contribution in [0.5, 0.6) is 11.5 Å². The van der Waals surface area contributed by atoms with Gasteiger partial charge in [0.05, 0.1) is 12.8 Å². The first-order valence-corrected chi connectivity index (χ1v) is 11.4. The molecule has 3 rings (SSSR count). The van der Waals surface area contributed by atoms with Gasteiger partial charge in [-0.3, -0.25) is 4.99 Å². The largest absolute Gasteiger partial charge is 0.504 e. The summed E-state index contributed by atoms with van der Waals surface area (Å²) in [6.07, 6.45) is 3.81. The highest BCUT2D eigenvalue weighted by Gasteiger charge is 2.33. The summed E-state index contributed by atoms with van der Waals surface area (Å²) in [5, 5.41) is 12.0. The lowest BCUT2D eigenvalue weighted by molar-refractivity contribution is 0.365. The molecule has 0 aliphatic rings. The lowest BCUT2D eigenvalue weighted by atomic mass is 9.91. The lowest BCUT2D eigenvalue weighted by Crippen LogP contribution is -2.24. The molecule has 0 bridgehead atoms. The van der Waals surface area contributed by atoms with Crippen molar-refractivity contribution < 1.29 is 9.84 Å². The summed E-state index contributed by atoms with van der Waals surface area (Å²) < 4.78 is 5.39. The zero-order valence-corrected chi connectivity index (χ0v) is 19.1. The van der Waals surface area contributed by atoms with E-state index in [9.17, 15) is 5.11 Å². The van der Waals surface area contributed by atoms with Gasteiger partial charge < -0.3 is 9.84 Å². The molecule has 4 heteroatoms. The minimum atomic E-state index is -0.167. The van der Waals surface area contributed by atoms with Crippen LogP contribution in [0.2, 0.25) is 0 Å². The van der Waals surface area contributed by atoms with Crippen molar-refractivity contribution in [2.45, 2.75) is 38.8 Å². The Kier molecular flexibility index (Phi) is 7.29. The molecule has 156 valence electrons. The highest BCUT2D eigenvalue weighted by molar-refractivity contribution is 7.49. The van der Waals surface area contributed by atoms with Crippen molar-refractivity contribution in [1.82, 2.24) is 0 Å². The van der Waals surface area contributed by atoms with Crippen LogP contribution in [0.15, 0.2) is 71.7 Å². The number of ether oxygens (including phenoxy) is 1. The monoisotopic (exact) mass is 419 g/mol. The van der Waals surface area contributed by atoms with E-state index >= 15 is 0 Å². The van der Waals surface area contributed by atoms with Gasteiger partial charge in [0.25, 0.3) is 0 Å². The lowest BCUT2D eigenvalue weighted by Gasteiger charge is -2.34. The fraction of sp³-hybridized carbons (Fsp3) is 0.269. The summed E-state index contributed by atoms with van der Waals surface area (Å²) >= 11 is 0. The van der Waals surface area contributed by atoms with E-state index in [0.29, 0.717) is 14.3 Å². The number of aromatic hydroxyl groups is 1. The van der Waals surface area contributed by atoms with Crippen molar-refractivity contribution in [1.29, 1.82) is 0 Å². The van der Waals surface area contributed by atoms with Gasteiger partial charge in [-0.1, -0.05) is 71.0 Å². The van der Waals surface area contributed by atoms with Crippen LogP contribution < -0.4 is 10.0 Å². The molecule has 0 aliphatic heterocycles. The highest BCUT2D eigenvalue weighted by Crippen LogP contribution is 2.52. The predicted octanol–water partition coefficient (Wildman–Crippen LogP) is 6.48.